The van der Waals surface area contributed by atoms with E-state index in [0.717, 1.165) is 12.8 Å². The van der Waals surface area contributed by atoms with E-state index in [9.17, 15) is 9.59 Å². The number of hydrogen-bond donors (Lipinski definition) is 1. The second-order valence-corrected chi connectivity index (χ2v) is 5.10. The van der Waals surface area contributed by atoms with Gasteiger partial charge in [-0.2, -0.15) is 0 Å². The van der Waals surface area contributed by atoms with E-state index in [-0.39, 0.29) is 24.4 Å². The van der Waals surface area contributed by atoms with Gasteiger partial charge in [0.1, 0.15) is 6.04 Å². The van der Waals surface area contributed by atoms with Gasteiger partial charge in [-0.15, -0.1) is 6.58 Å². The van der Waals surface area contributed by atoms with Crippen LogP contribution in [0.25, 0.3) is 0 Å². The van der Waals surface area contributed by atoms with Crippen LogP contribution in [0.2, 0.25) is 0 Å². The van der Waals surface area contributed by atoms with E-state index in [0.29, 0.717) is 39.4 Å². The van der Waals surface area contributed by atoms with E-state index in [4.69, 9.17) is 4.74 Å². The minimum Gasteiger partial charge on any atom is -0.378 e. The van der Waals surface area contributed by atoms with Crippen molar-refractivity contribution in [3.05, 3.63) is 12.7 Å². The molecule has 0 aliphatic carbocycles. The van der Waals surface area contributed by atoms with Crippen LogP contribution in [0.1, 0.15) is 12.8 Å². The number of nitrogens with one attached hydrogen (secondary N) is 1. The minimum atomic E-state index is -0.286. The Hall–Kier alpha value is -1.40. The summed E-state index contributed by atoms with van der Waals surface area (Å²) in [6.45, 7) is 7.58. The largest absolute Gasteiger partial charge is 0.378 e. The molecule has 2 aliphatic rings. The summed E-state index contributed by atoms with van der Waals surface area (Å²) >= 11 is 0. The van der Waals surface area contributed by atoms with Crippen LogP contribution in [0.5, 0.6) is 0 Å². The fourth-order valence-corrected chi connectivity index (χ4v) is 2.70. The molecule has 2 rings (SSSR count). The Kier molecular flexibility index (Phi) is 5.55. The zero-order valence-corrected chi connectivity index (χ0v) is 11.8. The number of rotatable bonds is 5. The summed E-state index contributed by atoms with van der Waals surface area (Å²) < 4.78 is 5.26. The van der Waals surface area contributed by atoms with Crippen molar-refractivity contribution in [2.45, 2.75) is 18.9 Å². The van der Waals surface area contributed by atoms with E-state index in [2.05, 4.69) is 11.9 Å². The van der Waals surface area contributed by atoms with Gasteiger partial charge < -0.3 is 19.9 Å². The van der Waals surface area contributed by atoms with Crippen LogP contribution >= 0.6 is 0 Å². The lowest BCUT2D eigenvalue weighted by Gasteiger charge is -2.32. The summed E-state index contributed by atoms with van der Waals surface area (Å²) in [7, 11) is 0. The predicted octanol–water partition coefficient (Wildman–Crippen LogP) is -0.388. The molecule has 0 bridgehead atoms. The zero-order valence-electron chi connectivity index (χ0n) is 11.8. The average Bonchev–Trinajstić information content (AvgIpc) is 2.97. The summed E-state index contributed by atoms with van der Waals surface area (Å²) in [5, 5.41) is 3.00. The van der Waals surface area contributed by atoms with E-state index >= 15 is 0 Å². The summed E-state index contributed by atoms with van der Waals surface area (Å²) in [6.07, 6.45) is 3.38. The molecule has 2 aliphatic heterocycles. The highest BCUT2D eigenvalue weighted by atomic mass is 16.5. The van der Waals surface area contributed by atoms with Gasteiger partial charge >= 0.3 is 0 Å². The van der Waals surface area contributed by atoms with Crippen LogP contribution in [0.15, 0.2) is 12.7 Å². The Morgan fingerprint density at radius 3 is 2.75 bits per heavy atom. The fourth-order valence-electron chi connectivity index (χ4n) is 2.70. The van der Waals surface area contributed by atoms with Crippen molar-refractivity contribution in [2.75, 3.05) is 45.9 Å². The third-order valence-electron chi connectivity index (χ3n) is 3.75. The van der Waals surface area contributed by atoms with Crippen molar-refractivity contribution in [1.29, 1.82) is 0 Å². The van der Waals surface area contributed by atoms with Gasteiger partial charge in [0.05, 0.1) is 19.8 Å². The molecule has 0 saturated carbocycles. The molecule has 2 saturated heterocycles. The van der Waals surface area contributed by atoms with Gasteiger partial charge in [0.25, 0.3) is 0 Å². The number of morpholine rings is 1. The first-order valence-electron chi connectivity index (χ1n) is 7.21. The molecule has 1 unspecified atom stereocenters. The second-order valence-electron chi connectivity index (χ2n) is 5.10. The first kappa shape index (κ1) is 15.0. The Labute approximate surface area is 119 Å². The van der Waals surface area contributed by atoms with Gasteiger partial charge in [0, 0.05) is 26.2 Å². The summed E-state index contributed by atoms with van der Waals surface area (Å²) in [5.41, 5.74) is 0. The molecule has 6 nitrogen and oxygen atoms in total. The van der Waals surface area contributed by atoms with Crippen molar-refractivity contribution in [3.63, 3.8) is 0 Å². The number of hydrogen-bond acceptors (Lipinski definition) is 4. The Morgan fingerprint density at radius 1 is 1.30 bits per heavy atom. The third kappa shape index (κ3) is 3.58. The minimum absolute atomic E-state index is 0.00374. The van der Waals surface area contributed by atoms with E-state index < -0.39 is 0 Å². The molecular weight excluding hydrogens is 258 g/mol. The molecule has 112 valence electrons. The molecule has 0 aromatic heterocycles. The van der Waals surface area contributed by atoms with Crippen molar-refractivity contribution in [3.8, 4) is 0 Å². The van der Waals surface area contributed by atoms with Crippen LogP contribution in [0, 0.1) is 0 Å². The lowest BCUT2D eigenvalue weighted by molar-refractivity contribution is -0.146. The highest BCUT2D eigenvalue weighted by Gasteiger charge is 2.36. The van der Waals surface area contributed by atoms with Crippen LogP contribution < -0.4 is 5.32 Å². The van der Waals surface area contributed by atoms with Crippen molar-refractivity contribution < 1.29 is 14.3 Å². The Bertz CT molecular complexity index is 367. The maximum absolute atomic E-state index is 12.5. The molecule has 0 aromatic rings. The first-order valence-corrected chi connectivity index (χ1v) is 7.21. The highest BCUT2D eigenvalue weighted by molar-refractivity contribution is 5.89. The van der Waals surface area contributed by atoms with Gasteiger partial charge in [0.15, 0.2) is 0 Å². The molecule has 0 spiro atoms. The van der Waals surface area contributed by atoms with Crippen molar-refractivity contribution in [2.24, 2.45) is 0 Å². The van der Waals surface area contributed by atoms with Gasteiger partial charge in [-0.05, 0) is 12.8 Å². The number of likely N-dealkylation sites (tertiary alicyclic amines) is 1. The fraction of sp³-hybridized carbons (Fsp3) is 0.714. The normalized spacial score (nSPS) is 22.9. The van der Waals surface area contributed by atoms with Gasteiger partial charge in [-0.3, -0.25) is 9.59 Å². The first-order chi connectivity index (χ1) is 9.74. The van der Waals surface area contributed by atoms with E-state index in [1.807, 2.05) is 4.90 Å². The standard InChI is InChI=1S/C14H23N3O3/c1-2-5-15-11-13(18)17-6-3-4-12(17)14(19)16-7-9-20-10-8-16/h2,12,15H,1,3-11H2. The molecule has 2 heterocycles. The van der Waals surface area contributed by atoms with Crippen LogP contribution in [0.4, 0.5) is 0 Å². The molecule has 2 fully saturated rings. The summed E-state index contributed by atoms with van der Waals surface area (Å²) in [6, 6.07) is -0.286. The lowest BCUT2D eigenvalue weighted by atomic mass is 10.2. The molecule has 0 aromatic carbocycles. The number of amides is 2. The summed E-state index contributed by atoms with van der Waals surface area (Å²) in [4.78, 5) is 28.2. The SMILES string of the molecule is C=CCNCC(=O)N1CCCC1C(=O)N1CCOCC1. The topological polar surface area (TPSA) is 61.9 Å². The number of nitrogens with zero attached hydrogens (tertiary/aromatic N) is 2. The maximum atomic E-state index is 12.5. The molecule has 0 radical (unpaired) electrons. The Balaban J connectivity index is 1.90. The molecule has 20 heavy (non-hydrogen) atoms. The number of carbonyl (C=O) groups excluding carboxylic acids is 2. The molecular formula is C14H23N3O3. The van der Waals surface area contributed by atoms with Crippen LogP contribution in [-0.2, 0) is 14.3 Å². The maximum Gasteiger partial charge on any atom is 0.245 e. The van der Waals surface area contributed by atoms with Gasteiger partial charge in [-0.1, -0.05) is 6.08 Å². The van der Waals surface area contributed by atoms with Gasteiger partial charge in [0.2, 0.25) is 11.8 Å². The second kappa shape index (κ2) is 7.40. The number of carbonyl (C=O) groups is 2. The van der Waals surface area contributed by atoms with E-state index in [1.54, 1.807) is 11.0 Å². The average molecular weight is 281 g/mol. The molecule has 1 N–H and O–H groups in total. The predicted molar refractivity (Wildman–Crippen MR) is 75.2 cm³/mol. The highest BCUT2D eigenvalue weighted by Crippen LogP contribution is 2.20. The van der Waals surface area contributed by atoms with Gasteiger partial charge in [-0.25, -0.2) is 0 Å². The van der Waals surface area contributed by atoms with E-state index in [1.165, 1.54) is 0 Å². The molecule has 6 heteroatoms. The van der Waals surface area contributed by atoms with Crippen molar-refractivity contribution in [1.82, 2.24) is 15.1 Å². The molecule has 1 atom stereocenters. The third-order valence-corrected chi connectivity index (χ3v) is 3.75. The lowest BCUT2D eigenvalue weighted by Crippen LogP contribution is -2.52. The quantitative estimate of drug-likeness (QED) is 0.551. The van der Waals surface area contributed by atoms with Crippen LogP contribution in [-0.4, -0.2) is 73.6 Å². The van der Waals surface area contributed by atoms with Crippen molar-refractivity contribution >= 4 is 11.8 Å². The van der Waals surface area contributed by atoms with Crippen LogP contribution in [0.3, 0.4) is 0 Å². The zero-order chi connectivity index (χ0) is 14.4. The monoisotopic (exact) mass is 281 g/mol. The summed E-state index contributed by atoms with van der Waals surface area (Å²) in [5.74, 6) is 0.0684. The molecule has 2 amide bonds. The smallest absolute Gasteiger partial charge is 0.245 e. The number of ether oxygens (including phenoxy) is 1. The Morgan fingerprint density at radius 2 is 2.05 bits per heavy atom.